The average Bonchev–Trinajstić information content (AvgIpc) is 2.67. The van der Waals surface area contributed by atoms with Crippen molar-refractivity contribution >= 4 is 28.7 Å². The minimum atomic E-state index is -0.653. The summed E-state index contributed by atoms with van der Waals surface area (Å²) in [4.78, 5) is 41.1. The van der Waals surface area contributed by atoms with Crippen LogP contribution in [0.25, 0.3) is 11.2 Å². The van der Waals surface area contributed by atoms with Crippen molar-refractivity contribution in [2.45, 2.75) is 33.0 Å². The standard InChI is InChI=1S/C19H19ClN4O3/c1-2-23-17-15(7-4-9-21-17)24(19(27)18(23)26)10-8-16(25)22-12-13-5-3-6-14(20)11-13/h3-7,9,11H,2,8,10,12H2,1H3,(H,22,25). The number of amides is 1. The number of nitrogens with one attached hydrogen (secondary N) is 1. The quantitative estimate of drug-likeness (QED) is 0.656. The lowest BCUT2D eigenvalue weighted by Gasteiger charge is -2.13. The van der Waals surface area contributed by atoms with Crippen LogP contribution in [0.15, 0.2) is 52.2 Å². The van der Waals surface area contributed by atoms with Gasteiger partial charge < -0.3 is 9.88 Å². The number of benzene rings is 1. The predicted octanol–water partition coefficient (Wildman–Crippen LogP) is 1.94. The van der Waals surface area contributed by atoms with Gasteiger partial charge in [0.25, 0.3) is 0 Å². The number of hydrogen-bond acceptors (Lipinski definition) is 4. The number of rotatable bonds is 6. The van der Waals surface area contributed by atoms with E-state index < -0.39 is 11.1 Å². The van der Waals surface area contributed by atoms with Gasteiger partial charge in [-0.15, -0.1) is 0 Å². The largest absolute Gasteiger partial charge is 0.352 e. The van der Waals surface area contributed by atoms with Crippen molar-refractivity contribution in [3.63, 3.8) is 0 Å². The van der Waals surface area contributed by atoms with Gasteiger partial charge in [0.15, 0.2) is 5.65 Å². The zero-order valence-electron chi connectivity index (χ0n) is 14.8. The molecule has 140 valence electrons. The molecule has 1 N–H and O–H groups in total. The predicted molar refractivity (Wildman–Crippen MR) is 104 cm³/mol. The molecule has 3 aromatic rings. The summed E-state index contributed by atoms with van der Waals surface area (Å²) in [5.74, 6) is -0.224. The van der Waals surface area contributed by atoms with Gasteiger partial charge in [0.2, 0.25) is 5.91 Å². The van der Waals surface area contributed by atoms with E-state index in [1.807, 2.05) is 12.1 Å². The number of fused-ring (bicyclic) bond motifs is 1. The molecule has 1 amide bonds. The Bertz CT molecular complexity index is 1100. The third-order valence-corrected chi connectivity index (χ3v) is 4.48. The third kappa shape index (κ3) is 4.09. The first kappa shape index (κ1) is 18.8. The Hall–Kier alpha value is -2.93. The second kappa shape index (κ2) is 8.18. The van der Waals surface area contributed by atoms with Crippen LogP contribution in [-0.4, -0.2) is 20.0 Å². The topological polar surface area (TPSA) is 86.0 Å². The van der Waals surface area contributed by atoms with Gasteiger partial charge in [0, 0.05) is 37.3 Å². The molecule has 3 rings (SSSR count). The van der Waals surface area contributed by atoms with Crippen molar-refractivity contribution in [1.82, 2.24) is 19.4 Å². The molecule has 0 bridgehead atoms. The van der Waals surface area contributed by atoms with Crippen molar-refractivity contribution in [3.05, 3.63) is 73.9 Å². The van der Waals surface area contributed by atoms with Gasteiger partial charge in [-0.25, -0.2) is 4.98 Å². The fourth-order valence-electron chi connectivity index (χ4n) is 2.91. The number of aryl methyl sites for hydroxylation is 2. The van der Waals surface area contributed by atoms with E-state index in [0.717, 1.165) is 5.56 Å². The van der Waals surface area contributed by atoms with Crippen molar-refractivity contribution in [2.24, 2.45) is 0 Å². The minimum absolute atomic E-state index is 0.0695. The summed E-state index contributed by atoms with van der Waals surface area (Å²) in [6.45, 7) is 2.57. The Morgan fingerprint density at radius 3 is 2.67 bits per heavy atom. The summed E-state index contributed by atoms with van der Waals surface area (Å²) in [6.07, 6.45) is 1.64. The molecular weight excluding hydrogens is 368 g/mol. The number of hydrogen-bond donors (Lipinski definition) is 1. The van der Waals surface area contributed by atoms with Gasteiger partial charge >= 0.3 is 11.1 Å². The van der Waals surface area contributed by atoms with E-state index in [-0.39, 0.29) is 18.9 Å². The Balaban J connectivity index is 1.77. The fraction of sp³-hybridized carbons (Fsp3) is 0.263. The van der Waals surface area contributed by atoms with Crippen LogP contribution in [0.2, 0.25) is 5.02 Å². The highest BCUT2D eigenvalue weighted by molar-refractivity contribution is 6.30. The zero-order valence-corrected chi connectivity index (χ0v) is 15.6. The van der Waals surface area contributed by atoms with Gasteiger partial charge in [-0.1, -0.05) is 23.7 Å². The van der Waals surface area contributed by atoms with E-state index in [9.17, 15) is 14.4 Å². The lowest BCUT2D eigenvalue weighted by Crippen LogP contribution is -2.42. The van der Waals surface area contributed by atoms with Crippen LogP contribution in [0.3, 0.4) is 0 Å². The molecule has 2 heterocycles. The molecule has 0 unspecified atom stereocenters. The van der Waals surface area contributed by atoms with Gasteiger partial charge in [-0.3, -0.25) is 19.0 Å². The SMILES string of the molecule is CCn1c(=O)c(=O)n(CCC(=O)NCc2cccc(Cl)c2)c2cccnc21. The minimum Gasteiger partial charge on any atom is -0.352 e. The van der Waals surface area contributed by atoms with Crippen LogP contribution >= 0.6 is 11.6 Å². The highest BCUT2D eigenvalue weighted by atomic mass is 35.5. The molecule has 27 heavy (non-hydrogen) atoms. The Kier molecular flexibility index (Phi) is 5.71. The maximum absolute atomic E-state index is 12.4. The number of aromatic nitrogens is 3. The van der Waals surface area contributed by atoms with Gasteiger partial charge in [0.1, 0.15) is 0 Å². The van der Waals surface area contributed by atoms with Crippen molar-refractivity contribution in [2.75, 3.05) is 0 Å². The molecule has 0 aliphatic rings. The number of carbonyl (C=O) groups is 1. The number of pyridine rings is 1. The molecule has 0 aliphatic heterocycles. The number of carbonyl (C=O) groups excluding carboxylic acids is 1. The maximum atomic E-state index is 12.4. The lowest BCUT2D eigenvalue weighted by atomic mass is 10.2. The highest BCUT2D eigenvalue weighted by Crippen LogP contribution is 2.10. The smallest absolute Gasteiger partial charge is 0.318 e. The first-order chi connectivity index (χ1) is 13.0. The second-order valence-corrected chi connectivity index (χ2v) is 6.45. The zero-order chi connectivity index (χ0) is 19.4. The van der Waals surface area contributed by atoms with E-state index in [4.69, 9.17) is 11.6 Å². The van der Waals surface area contributed by atoms with E-state index >= 15 is 0 Å². The van der Waals surface area contributed by atoms with Gasteiger partial charge in [-0.05, 0) is 36.8 Å². The second-order valence-electron chi connectivity index (χ2n) is 6.01. The first-order valence-electron chi connectivity index (χ1n) is 8.60. The molecule has 7 nitrogen and oxygen atoms in total. The first-order valence-corrected chi connectivity index (χ1v) is 8.98. The Morgan fingerprint density at radius 2 is 1.93 bits per heavy atom. The summed E-state index contributed by atoms with van der Waals surface area (Å²) >= 11 is 5.93. The summed E-state index contributed by atoms with van der Waals surface area (Å²) in [7, 11) is 0. The van der Waals surface area contributed by atoms with Crippen LogP contribution in [0.4, 0.5) is 0 Å². The molecular formula is C19H19ClN4O3. The van der Waals surface area contributed by atoms with E-state index in [1.54, 1.807) is 37.4 Å². The summed E-state index contributed by atoms with van der Waals surface area (Å²) in [6, 6.07) is 10.6. The van der Waals surface area contributed by atoms with Crippen LogP contribution in [0, 0.1) is 0 Å². The summed E-state index contributed by atoms with van der Waals surface area (Å²) < 4.78 is 2.66. The van der Waals surface area contributed by atoms with Crippen LogP contribution in [-0.2, 0) is 24.4 Å². The normalized spacial score (nSPS) is 10.9. The van der Waals surface area contributed by atoms with Crippen molar-refractivity contribution < 1.29 is 4.79 Å². The van der Waals surface area contributed by atoms with Crippen molar-refractivity contribution in [1.29, 1.82) is 0 Å². The van der Waals surface area contributed by atoms with Crippen molar-refractivity contribution in [3.8, 4) is 0 Å². The highest BCUT2D eigenvalue weighted by Gasteiger charge is 2.13. The molecule has 1 aromatic carbocycles. The molecule has 0 fully saturated rings. The van der Waals surface area contributed by atoms with Gasteiger partial charge in [0.05, 0.1) is 5.52 Å². The van der Waals surface area contributed by atoms with E-state index in [0.29, 0.717) is 29.3 Å². The monoisotopic (exact) mass is 386 g/mol. The van der Waals surface area contributed by atoms with Gasteiger partial charge in [-0.2, -0.15) is 0 Å². The molecule has 8 heteroatoms. The third-order valence-electron chi connectivity index (χ3n) is 4.24. The molecule has 2 aromatic heterocycles. The molecule has 0 spiro atoms. The van der Waals surface area contributed by atoms with Crippen LogP contribution in [0.5, 0.6) is 0 Å². The fourth-order valence-corrected chi connectivity index (χ4v) is 3.12. The Morgan fingerprint density at radius 1 is 1.15 bits per heavy atom. The Labute approximate surface area is 160 Å². The summed E-state index contributed by atoms with van der Waals surface area (Å²) in [5, 5.41) is 3.39. The maximum Gasteiger partial charge on any atom is 0.318 e. The molecule has 0 saturated carbocycles. The van der Waals surface area contributed by atoms with Crippen LogP contribution in [0.1, 0.15) is 18.9 Å². The summed E-state index contributed by atoms with van der Waals surface area (Å²) in [5.41, 5.74) is 0.562. The van der Waals surface area contributed by atoms with Crippen LogP contribution < -0.4 is 16.4 Å². The molecule has 0 aliphatic carbocycles. The average molecular weight is 387 g/mol. The van der Waals surface area contributed by atoms with E-state index in [2.05, 4.69) is 10.3 Å². The molecule has 0 atom stereocenters. The molecule has 0 radical (unpaired) electrons. The lowest BCUT2D eigenvalue weighted by molar-refractivity contribution is -0.121. The van der Waals surface area contributed by atoms with E-state index in [1.165, 1.54) is 9.13 Å². The number of nitrogens with zero attached hydrogens (tertiary/aromatic N) is 3. The molecule has 0 saturated heterocycles. The number of halogens is 1.